The van der Waals surface area contributed by atoms with Gasteiger partial charge in [-0.3, -0.25) is 4.79 Å². The summed E-state index contributed by atoms with van der Waals surface area (Å²) < 4.78 is 86.4. The summed E-state index contributed by atoms with van der Waals surface area (Å²) in [5.41, 5.74) is 3.81. The fourth-order valence-corrected chi connectivity index (χ4v) is 7.97. The van der Waals surface area contributed by atoms with E-state index in [1.807, 2.05) is 31.2 Å². The highest BCUT2D eigenvalue weighted by Crippen LogP contribution is 2.40. The SMILES string of the molecule is CCOC(=O)CCc1cccc(Cc2coc(-c3cccc(Oc4c(F)cc5c(ccn5S(=O)(=O)c5ccc(C)cc5)c4S(C)(=O)=O)c3)n2)c1. The molecule has 0 saturated heterocycles. The molecule has 13 heteroatoms. The second kappa shape index (κ2) is 13.9. The number of halogens is 1. The van der Waals surface area contributed by atoms with Crippen LogP contribution in [0.1, 0.15) is 35.7 Å². The number of ether oxygens (including phenoxy) is 2. The number of sulfone groups is 1. The standard InChI is InChI=1S/C37H33FN2O8S2/c1-4-46-34(41)16-13-25-7-5-8-26(19-25)20-28-23-47-37(39-28)27-9-6-10-29(21-27)48-35-32(38)22-33-31(36(35)49(3,42)43)17-18-40(33)50(44,45)30-14-11-24(2)12-15-30/h5-12,14-15,17-19,21-23H,4,13,16,20H2,1-3H3. The number of carbonyl (C=O) groups excluding carboxylic acids is 1. The summed E-state index contributed by atoms with van der Waals surface area (Å²) >= 11 is 0. The number of oxazole rings is 1. The Labute approximate surface area is 289 Å². The first kappa shape index (κ1) is 34.6. The van der Waals surface area contributed by atoms with Crippen molar-refractivity contribution in [3.8, 4) is 23.0 Å². The highest BCUT2D eigenvalue weighted by molar-refractivity contribution is 7.91. The van der Waals surface area contributed by atoms with Gasteiger partial charge in [0.2, 0.25) is 5.89 Å². The van der Waals surface area contributed by atoms with Gasteiger partial charge in [0, 0.05) is 42.3 Å². The molecular weight excluding hydrogens is 684 g/mol. The molecule has 0 aliphatic rings. The molecule has 0 aliphatic carbocycles. The number of rotatable bonds is 12. The van der Waals surface area contributed by atoms with Crippen LogP contribution in [-0.4, -0.2) is 44.6 Å². The molecule has 0 amide bonds. The molecule has 0 atom stereocenters. The molecule has 0 spiro atoms. The van der Waals surface area contributed by atoms with Crippen molar-refractivity contribution in [2.75, 3.05) is 12.9 Å². The van der Waals surface area contributed by atoms with E-state index < -0.39 is 36.3 Å². The Balaban J connectivity index is 1.27. The summed E-state index contributed by atoms with van der Waals surface area (Å²) in [5, 5.41) is -0.0157. The summed E-state index contributed by atoms with van der Waals surface area (Å²) in [6.07, 6.45) is 4.93. The van der Waals surface area contributed by atoms with Gasteiger partial charge in [0.05, 0.1) is 22.7 Å². The van der Waals surface area contributed by atoms with Crippen LogP contribution in [0.4, 0.5) is 4.39 Å². The molecule has 0 bridgehead atoms. The predicted molar refractivity (Wildman–Crippen MR) is 185 cm³/mol. The maximum atomic E-state index is 15.8. The minimum absolute atomic E-state index is 0.0157. The highest BCUT2D eigenvalue weighted by Gasteiger charge is 2.28. The van der Waals surface area contributed by atoms with Crippen molar-refractivity contribution in [3.05, 3.63) is 126 Å². The van der Waals surface area contributed by atoms with E-state index >= 15 is 4.39 Å². The van der Waals surface area contributed by atoms with E-state index in [9.17, 15) is 21.6 Å². The van der Waals surface area contributed by atoms with Crippen LogP contribution < -0.4 is 4.74 Å². The average molecular weight is 717 g/mol. The Kier molecular flexibility index (Phi) is 9.63. The van der Waals surface area contributed by atoms with E-state index in [2.05, 4.69) is 4.98 Å². The van der Waals surface area contributed by atoms with E-state index in [0.717, 1.165) is 33.0 Å². The fraction of sp³-hybridized carbons (Fsp3) is 0.189. The number of benzene rings is 4. The van der Waals surface area contributed by atoms with Crippen LogP contribution in [0.2, 0.25) is 0 Å². The number of fused-ring (bicyclic) bond motifs is 1. The van der Waals surface area contributed by atoms with Crippen LogP contribution in [0.3, 0.4) is 0 Å². The van der Waals surface area contributed by atoms with E-state index in [1.165, 1.54) is 42.8 Å². The zero-order valence-electron chi connectivity index (χ0n) is 27.4. The van der Waals surface area contributed by atoms with Crippen molar-refractivity contribution in [1.82, 2.24) is 8.96 Å². The lowest BCUT2D eigenvalue weighted by Gasteiger charge is -2.14. The van der Waals surface area contributed by atoms with Crippen molar-refractivity contribution in [2.24, 2.45) is 0 Å². The van der Waals surface area contributed by atoms with Gasteiger partial charge < -0.3 is 13.9 Å². The number of aromatic nitrogens is 2. The summed E-state index contributed by atoms with van der Waals surface area (Å²) in [4.78, 5) is 15.8. The van der Waals surface area contributed by atoms with Gasteiger partial charge in [0.25, 0.3) is 10.0 Å². The van der Waals surface area contributed by atoms with Crippen molar-refractivity contribution in [1.29, 1.82) is 0 Å². The van der Waals surface area contributed by atoms with Gasteiger partial charge >= 0.3 is 5.97 Å². The van der Waals surface area contributed by atoms with Gasteiger partial charge in [-0.05, 0) is 67.8 Å². The lowest BCUT2D eigenvalue weighted by molar-refractivity contribution is -0.143. The van der Waals surface area contributed by atoms with Crippen molar-refractivity contribution in [2.45, 2.75) is 42.9 Å². The van der Waals surface area contributed by atoms with Crippen LogP contribution >= 0.6 is 0 Å². The summed E-state index contributed by atoms with van der Waals surface area (Å²) in [7, 11) is -8.31. The lowest BCUT2D eigenvalue weighted by Crippen LogP contribution is -2.12. The minimum atomic E-state index is -4.17. The normalized spacial score (nSPS) is 11.9. The summed E-state index contributed by atoms with van der Waals surface area (Å²) in [6, 6.07) is 22.6. The molecule has 2 heterocycles. The molecule has 0 N–H and O–H groups in total. The van der Waals surface area contributed by atoms with Gasteiger partial charge in [0.15, 0.2) is 21.4 Å². The van der Waals surface area contributed by atoms with Crippen molar-refractivity contribution >= 4 is 36.7 Å². The monoisotopic (exact) mass is 716 g/mol. The van der Waals surface area contributed by atoms with Crippen LogP contribution in [0, 0.1) is 12.7 Å². The highest BCUT2D eigenvalue weighted by atomic mass is 32.2. The second-order valence-corrected chi connectivity index (χ2v) is 15.5. The molecule has 2 aromatic heterocycles. The Morgan fingerprint density at radius 3 is 2.42 bits per heavy atom. The molecule has 258 valence electrons. The maximum absolute atomic E-state index is 15.8. The molecular formula is C37H33FN2O8S2. The first-order valence-corrected chi connectivity index (χ1v) is 19.0. The fourth-order valence-electron chi connectivity index (χ4n) is 5.59. The van der Waals surface area contributed by atoms with Crippen LogP contribution in [0.5, 0.6) is 11.5 Å². The Hall–Kier alpha value is -5.27. The molecule has 0 fully saturated rings. The van der Waals surface area contributed by atoms with Crippen LogP contribution in [-0.2, 0) is 42.2 Å². The smallest absolute Gasteiger partial charge is 0.306 e. The van der Waals surface area contributed by atoms with Gasteiger partial charge in [-0.25, -0.2) is 30.2 Å². The molecule has 6 rings (SSSR count). The third-order valence-electron chi connectivity index (χ3n) is 7.92. The van der Waals surface area contributed by atoms with E-state index in [4.69, 9.17) is 13.9 Å². The van der Waals surface area contributed by atoms with Crippen LogP contribution in [0.25, 0.3) is 22.4 Å². The molecule has 4 aromatic carbocycles. The lowest BCUT2D eigenvalue weighted by atomic mass is 10.0. The predicted octanol–water partition coefficient (Wildman–Crippen LogP) is 7.26. The minimum Gasteiger partial charge on any atom is -0.466 e. The molecule has 50 heavy (non-hydrogen) atoms. The molecule has 0 aliphatic heterocycles. The largest absolute Gasteiger partial charge is 0.466 e. The molecule has 0 radical (unpaired) electrons. The number of esters is 1. The zero-order valence-corrected chi connectivity index (χ0v) is 29.1. The Morgan fingerprint density at radius 2 is 1.68 bits per heavy atom. The number of aryl methyl sites for hydroxylation is 2. The van der Waals surface area contributed by atoms with E-state index in [0.29, 0.717) is 30.7 Å². The number of hydrogen-bond acceptors (Lipinski definition) is 9. The maximum Gasteiger partial charge on any atom is 0.306 e. The van der Waals surface area contributed by atoms with E-state index in [1.54, 1.807) is 31.2 Å². The van der Waals surface area contributed by atoms with Gasteiger partial charge in [-0.2, -0.15) is 0 Å². The number of nitrogens with zero attached hydrogens (tertiary/aromatic N) is 2. The van der Waals surface area contributed by atoms with Crippen molar-refractivity contribution in [3.63, 3.8) is 0 Å². The number of hydrogen-bond donors (Lipinski definition) is 0. The first-order chi connectivity index (χ1) is 23.8. The molecule has 6 aromatic rings. The molecule has 0 unspecified atom stereocenters. The second-order valence-electron chi connectivity index (χ2n) is 11.7. The van der Waals surface area contributed by atoms with Crippen molar-refractivity contribution < 1.29 is 39.9 Å². The number of carbonyl (C=O) groups is 1. The Bertz CT molecular complexity index is 2430. The van der Waals surface area contributed by atoms with Gasteiger partial charge in [-0.1, -0.05) is 48.0 Å². The summed E-state index contributed by atoms with van der Waals surface area (Å²) in [5.74, 6) is -1.51. The zero-order chi connectivity index (χ0) is 35.6. The Morgan fingerprint density at radius 1 is 0.940 bits per heavy atom. The summed E-state index contributed by atoms with van der Waals surface area (Å²) in [6.45, 7) is 3.93. The van der Waals surface area contributed by atoms with E-state index in [-0.39, 0.29) is 39.8 Å². The molecule has 0 saturated carbocycles. The van der Waals surface area contributed by atoms with Gasteiger partial charge in [-0.15, -0.1) is 0 Å². The first-order valence-electron chi connectivity index (χ1n) is 15.7. The average Bonchev–Trinajstić information content (AvgIpc) is 3.72. The third kappa shape index (κ3) is 7.33. The quantitative estimate of drug-likeness (QED) is 0.120. The van der Waals surface area contributed by atoms with Crippen LogP contribution in [0.15, 0.2) is 112 Å². The topological polar surface area (TPSA) is 135 Å². The third-order valence-corrected chi connectivity index (χ3v) is 10.8. The molecule has 10 nitrogen and oxygen atoms in total. The van der Waals surface area contributed by atoms with Gasteiger partial charge in [0.1, 0.15) is 16.9 Å².